The highest BCUT2D eigenvalue weighted by Crippen LogP contribution is 2.14. The summed E-state index contributed by atoms with van der Waals surface area (Å²) in [5.74, 6) is -0.0544. The van der Waals surface area contributed by atoms with Crippen LogP contribution in [-0.2, 0) is 17.8 Å². The fourth-order valence-electron chi connectivity index (χ4n) is 2.97. The van der Waals surface area contributed by atoms with E-state index in [-0.39, 0.29) is 24.3 Å². The summed E-state index contributed by atoms with van der Waals surface area (Å²) in [4.78, 5) is 26.1. The molecule has 4 N–H and O–H groups in total. The molecule has 27 heavy (non-hydrogen) atoms. The fourth-order valence-corrected chi connectivity index (χ4v) is 2.97. The largest absolute Gasteiger partial charge is 0.399 e. The quantitative estimate of drug-likeness (QED) is 0.687. The Morgan fingerprint density at radius 2 is 1.70 bits per heavy atom. The van der Waals surface area contributed by atoms with Crippen LogP contribution >= 0.6 is 12.4 Å². The first-order chi connectivity index (χ1) is 12.6. The normalized spacial score (nSPS) is 13.0. The van der Waals surface area contributed by atoms with Crippen LogP contribution in [0.5, 0.6) is 0 Å². The van der Waals surface area contributed by atoms with E-state index in [4.69, 9.17) is 5.73 Å². The number of rotatable bonds is 5. The number of hydrogen-bond donors (Lipinski definition) is 3. The van der Waals surface area contributed by atoms with Gasteiger partial charge < -0.3 is 21.3 Å². The first kappa shape index (κ1) is 20.6. The van der Waals surface area contributed by atoms with Crippen molar-refractivity contribution in [2.45, 2.75) is 25.8 Å². The molecule has 0 bridgehead atoms. The van der Waals surface area contributed by atoms with Gasteiger partial charge in [0.25, 0.3) is 0 Å². The van der Waals surface area contributed by atoms with Crippen LogP contribution < -0.4 is 16.4 Å². The van der Waals surface area contributed by atoms with Gasteiger partial charge in [-0.25, -0.2) is 4.79 Å². The molecule has 0 atom stereocenters. The lowest BCUT2D eigenvalue weighted by molar-refractivity contribution is -0.120. The van der Waals surface area contributed by atoms with Gasteiger partial charge in [-0.15, -0.1) is 12.4 Å². The highest BCUT2D eigenvalue weighted by Gasteiger charge is 2.17. The molecular weight excluding hydrogens is 364 g/mol. The van der Waals surface area contributed by atoms with Crippen molar-refractivity contribution in [3.63, 3.8) is 0 Å². The SMILES string of the molecule is Cl.Nc1ccc(CC(=O)NCc2cccc(NC(=O)N3CCCC3)c2)cc1. The Labute approximate surface area is 165 Å². The van der Waals surface area contributed by atoms with Crippen molar-refractivity contribution in [2.75, 3.05) is 24.1 Å². The van der Waals surface area contributed by atoms with Crippen molar-refractivity contribution < 1.29 is 9.59 Å². The molecule has 2 aromatic rings. The van der Waals surface area contributed by atoms with E-state index in [0.29, 0.717) is 18.7 Å². The summed E-state index contributed by atoms with van der Waals surface area (Å²) in [7, 11) is 0. The number of likely N-dealkylation sites (tertiary alicyclic amines) is 1. The second kappa shape index (κ2) is 9.83. The predicted molar refractivity (Wildman–Crippen MR) is 110 cm³/mol. The Balaban J connectivity index is 0.00000261. The van der Waals surface area contributed by atoms with E-state index >= 15 is 0 Å². The summed E-state index contributed by atoms with van der Waals surface area (Å²) in [5.41, 5.74) is 8.93. The number of carbonyl (C=O) groups is 2. The third kappa shape index (κ3) is 6.18. The zero-order valence-electron chi connectivity index (χ0n) is 15.1. The molecule has 3 amide bonds. The lowest BCUT2D eigenvalue weighted by Gasteiger charge is -2.16. The first-order valence-corrected chi connectivity index (χ1v) is 8.86. The summed E-state index contributed by atoms with van der Waals surface area (Å²) in [6.07, 6.45) is 2.44. The van der Waals surface area contributed by atoms with Crippen LogP contribution in [-0.4, -0.2) is 29.9 Å². The van der Waals surface area contributed by atoms with Crippen molar-refractivity contribution >= 4 is 35.7 Å². The minimum absolute atomic E-state index is 0. The number of nitrogens with two attached hydrogens (primary N) is 1. The van der Waals surface area contributed by atoms with Crippen LogP contribution in [0.25, 0.3) is 0 Å². The number of urea groups is 1. The van der Waals surface area contributed by atoms with E-state index in [1.165, 1.54) is 0 Å². The number of hydrogen-bond acceptors (Lipinski definition) is 3. The van der Waals surface area contributed by atoms with Gasteiger partial charge in [-0.2, -0.15) is 0 Å². The third-order valence-corrected chi connectivity index (χ3v) is 4.41. The van der Waals surface area contributed by atoms with Gasteiger partial charge in [0, 0.05) is 31.0 Å². The van der Waals surface area contributed by atoms with E-state index in [9.17, 15) is 9.59 Å². The molecule has 0 saturated carbocycles. The van der Waals surface area contributed by atoms with Crippen LogP contribution in [0.15, 0.2) is 48.5 Å². The minimum atomic E-state index is -0.0629. The van der Waals surface area contributed by atoms with Crippen LogP contribution in [0.2, 0.25) is 0 Å². The number of benzene rings is 2. The van der Waals surface area contributed by atoms with E-state index in [2.05, 4.69) is 10.6 Å². The maximum absolute atomic E-state index is 12.2. The molecule has 1 aliphatic rings. The second-order valence-corrected chi connectivity index (χ2v) is 6.52. The molecule has 0 radical (unpaired) electrons. The van der Waals surface area contributed by atoms with Gasteiger partial charge >= 0.3 is 6.03 Å². The van der Waals surface area contributed by atoms with Crippen molar-refractivity contribution in [1.29, 1.82) is 0 Å². The first-order valence-electron chi connectivity index (χ1n) is 8.86. The Kier molecular flexibility index (Phi) is 7.49. The number of halogens is 1. The molecule has 1 fully saturated rings. The van der Waals surface area contributed by atoms with E-state index in [0.717, 1.165) is 42.7 Å². The molecule has 0 spiro atoms. The monoisotopic (exact) mass is 388 g/mol. The van der Waals surface area contributed by atoms with Gasteiger partial charge in [0.05, 0.1) is 6.42 Å². The maximum Gasteiger partial charge on any atom is 0.321 e. The van der Waals surface area contributed by atoms with Crippen LogP contribution in [0.4, 0.5) is 16.2 Å². The molecule has 0 aromatic heterocycles. The van der Waals surface area contributed by atoms with Gasteiger partial charge in [-0.05, 0) is 48.2 Å². The lowest BCUT2D eigenvalue weighted by Crippen LogP contribution is -2.32. The zero-order valence-corrected chi connectivity index (χ0v) is 15.9. The summed E-state index contributed by atoms with van der Waals surface area (Å²) in [6, 6.07) is 14.8. The second-order valence-electron chi connectivity index (χ2n) is 6.52. The Bertz CT molecular complexity index is 774. The minimum Gasteiger partial charge on any atom is -0.399 e. The highest BCUT2D eigenvalue weighted by molar-refractivity contribution is 5.89. The molecule has 6 nitrogen and oxygen atoms in total. The molecular formula is C20H25ClN4O2. The standard InChI is InChI=1S/C20H24N4O2.ClH/c21-17-8-6-15(7-9-17)13-19(25)22-14-16-4-3-5-18(12-16)23-20(26)24-10-1-2-11-24;/h3-9,12H,1-2,10-11,13-14,21H2,(H,22,25)(H,23,26);1H. The number of nitrogens with zero attached hydrogens (tertiary/aromatic N) is 1. The predicted octanol–water partition coefficient (Wildman–Crippen LogP) is 3.18. The number of nitrogens with one attached hydrogen (secondary N) is 2. The zero-order chi connectivity index (χ0) is 18.4. The smallest absolute Gasteiger partial charge is 0.321 e. The Morgan fingerprint density at radius 1 is 1.00 bits per heavy atom. The topological polar surface area (TPSA) is 87.5 Å². The van der Waals surface area contributed by atoms with E-state index < -0.39 is 0 Å². The van der Waals surface area contributed by atoms with E-state index in [1.54, 1.807) is 12.1 Å². The molecule has 1 aliphatic heterocycles. The molecule has 7 heteroatoms. The average Bonchev–Trinajstić information content (AvgIpc) is 3.17. The van der Waals surface area contributed by atoms with Gasteiger partial charge in [-0.3, -0.25) is 4.79 Å². The average molecular weight is 389 g/mol. The van der Waals surface area contributed by atoms with Gasteiger partial charge in [0.15, 0.2) is 0 Å². The molecule has 3 rings (SSSR count). The summed E-state index contributed by atoms with van der Waals surface area (Å²) < 4.78 is 0. The fraction of sp³-hybridized carbons (Fsp3) is 0.300. The third-order valence-electron chi connectivity index (χ3n) is 4.41. The number of nitrogen functional groups attached to an aromatic ring is 1. The summed E-state index contributed by atoms with van der Waals surface area (Å²) in [5, 5.41) is 5.82. The van der Waals surface area contributed by atoms with Gasteiger partial charge in [0.1, 0.15) is 0 Å². The van der Waals surface area contributed by atoms with Crippen molar-refractivity contribution in [2.24, 2.45) is 0 Å². The molecule has 0 aliphatic carbocycles. The van der Waals surface area contributed by atoms with Crippen molar-refractivity contribution in [3.05, 3.63) is 59.7 Å². The Hall–Kier alpha value is -2.73. The van der Waals surface area contributed by atoms with Crippen molar-refractivity contribution in [1.82, 2.24) is 10.2 Å². The Morgan fingerprint density at radius 3 is 2.41 bits per heavy atom. The highest BCUT2D eigenvalue weighted by atomic mass is 35.5. The number of anilines is 2. The molecule has 2 aromatic carbocycles. The van der Waals surface area contributed by atoms with Gasteiger partial charge in [-0.1, -0.05) is 24.3 Å². The van der Waals surface area contributed by atoms with Gasteiger partial charge in [0.2, 0.25) is 5.91 Å². The summed E-state index contributed by atoms with van der Waals surface area (Å²) in [6.45, 7) is 2.04. The molecule has 144 valence electrons. The lowest BCUT2D eigenvalue weighted by atomic mass is 10.1. The van der Waals surface area contributed by atoms with Crippen LogP contribution in [0.1, 0.15) is 24.0 Å². The van der Waals surface area contributed by atoms with Crippen LogP contribution in [0, 0.1) is 0 Å². The number of amides is 3. The molecule has 1 heterocycles. The summed E-state index contributed by atoms with van der Waals surface area (Å²) >= 11 is 0. The van der Waals surface area contributed by atoms with E-state index in [1.807, 2.05) is 41.3 Å². The molecule has 1 saturated heterocycles. The van der Waals surface area contributed by atoms with Crippen molar-refractivity contribution in [3.8, 4) is 0 Å². The number of carbonyl (C=O) groups excluding carboxylic acids is 2. The van der Waals surface area contributed by atoms with Crippen LogP contribution in [0.3, 0.4) is 0 Å². The molecule has 0 unspecified atom stereocenters. The maximum atomic E-state index is 12.2.